The largest absolute Gasteiger partial charge is 0.351 e. The fourth-order valence-corrected chi connectivity index (χ4v) is 4.07. The second kappa shape index (κ2) is 8.90. The molecule has 0 saturated heterocycles. The van der Waals surface area contributed by atoms with E-state index in [-0.39, 0.29) is 16.9 Å². The number of nitrogens with one attached hydrogen (secondary N) is 1. The lowest BCUT2D eigenvalue weighted by atomic mass is 9.96. The lowest BCUT2D eigenvalue weighted by Crippen LogP contribution is -2.38. The Morgan fingerprint density at radius 2 is 1.72 bits per heavy atom. The second-order valence-corrected chi connectivity index (χ2v) is 10.3. The molecule has 0 aliphatic rings. The molecule has 1 atom stereocenters. The molecule has 3 rings (SSSR count). The SMILES string of the molecule is Cc1ccc(CNC(=O)C(C)Sc2nc(C(C)(C)C)nc3c2c(=O)n(C)c(=O)n3C)cc1. The monoisotopic (exact) mass is 455 g/mol. The molecular weight excluding hydrogens is 426 g/mol. The first-order chi connectivity index (χ1) is 14.9. The highest BCUT2D eigenvalue weighted by atomic mass is 32.2. The summed E-state index contributed by atoms with van der Waals surface area (Å²) in [6.07, 6.45) is 0. The number of hydrogen-bond acceptors (Lipinski definition) is 6. The van der Waals surface area contributed by atoms with Gasteiger partial charge < -0.3 is 5.32 Å². The van der Waals surface area contributed by atoms with E-state index in [0.717, 1.165) is 15.7 Å². The van der Waals surface area contributed by atoms with Gasteiger partial charge in [0.1, 0.15) is 16.2 Å². The first kappa shape index (κ1) is 23.7. The van der Waals surface area contributed by atoms with Crippen LogP contribution in [0.15, 0.2) is 38.9 Å². The molecule has 8 nitrogen and oxygen atoms in total. The van der Waals surface area contributed by atoms with Gasteiger partial charge in [-0.2, -0.15) is 0 Å². The summed E-state index contributed by atoms with van der Waals surface area (Å²) >= 11 is 1.19. The van der Waals surface area contributed by atoms with Gasteiger partial charge in [0.25, 0.3) is 5.56 Å². The number of aromatic nitrogens is 4. The molecule has 32 heavy (non-hydrogen) atoms. The fraction of sp³-hybridized carbons (Fsp3) is 0.435. The Morgan fingerprint density at radius 3 is 2.31 bits per heavy atom. The zero-order valence-electron chi connectivity index (χ0n) is 19.5. The minimum atomic E-state index is -0.506. The number of benzene rings is 1. The van der Waals surface area contributed by atoms with E-state index < -0.39 is 21.9 Å². The summed E-state index contributed by atoms with van der Waals surface area (Å²) < 4.78 is 2.38. The molecule has 1 amide bonds. The minimum absolute atomic E-state index is 0.165. The van der Waals surface area contributed by atoms with E-state index in [1.807, 2.05) is 52.0 Å². The van der Waals surface area contributed by atoms with Gasteiger partial charge >= 0.3 is 5.69 Å². The standard InChI is InChI=1S/C23H29N5O3S/c1-13-8-10-15(11-9-13)12-24-18(29)14(2)32-19-16-17(25-21(26-19)23(3,4)5)27(6)22(31)28(7)20(16)30/h8-11,14H,12H2,1-7H3,(H,24,29). The van der Waals surface area contributed by atoms with E-state index >= 15 is 0 Å². The number of amides is 1. The van der Waals surface area contributed by atoms with Gasteiger partial charge in [-0.15, -0.1) is 0 Å². The number of hydrogen-bond donors (Lipinski definition) is 1. The van der Waals surface area contributed by atoms with E-state index in [1.165, 1.54) is 23.4 Å². The molecule has 0 saturated carbocycles. The first-order valence-corrected chi connectivity index (χ1v) is 11.3. The van der Waals surface area contributed by atoms with Gasteiger partial charge in [0.2, 0.25) is 5.91 Å². The number of carbonyl (C=O) groups is 1. The molecule has 0 aliphatic carbocycles. The van der Waals surface area contributed by atoms with Crippen molar-refractivity contribution in [2.45, 2.75) is 56.9 Å². The molecule has 0 radical (unpaired) electrons. The summed E-state index contributed by atoms with van der Waals surface area (Å²) in [4.78, 5) is 47.3. The average Bonchev–Trinajstić information content (AvgIpc) is 2.74. The van der Waals surface area contributed by atoms with Crippen LogP contribution in [0.2, 0.25) is 0 Å². The Morgan fingerprint density at radius 1 is 1.09 bits per heavy atom. The maximum Gasteiger partial charge on any atom is 0.332 e. The lowest BCUT2D eigenvalue weighted by molar-refractivity contribution is -0.120. The van der Waals surface area contributed by atoms with Crippen molar-refractivity contribution in [2.75, 3.05) is 0 Å². The van der Waals surface area contributed by atoms with Crippen LogP contribution in [0.3, 0.4) is 0 Å². The normalized spacial score (nSPS) is 12.7. The van der Waals surface area contributed by atoms with Gasteiger partial charge in [-0.25, -0.2) is 14.8 Å². The highest BCUT2D eigenvalue weighted by Crippen LogP contribution is 2.29. The van der Waals surface area contributed by atoms with Crippen molar-refractivity contribution in [1.29, 1.82) is 0 Å². The Bertz CT molecular complexity index is 1290. The van der Waals surface area contributed by atoms with Gasteiger partial charge in [0.15, 0.2) is 5.65 Å². The third kappa shape index (κ3) is 4.77. The molecule has 0 spiro atoms. The van der Waals surface area contributed by atoms with E-state index in [1.54, 1.807) is 14.0 Å². The topological polar surface area (TPSA) is 98.9 Å². The van der Waals surface area contributed by atoms with Crippen LogP contribution in [-0.4, -0.2) is 30.3 Å². The van der Waals surface area contributed by atoms with Crippen LogP contribution in [-0.2, 0) is 30.8 Å². The zero-order valence-corrected chi connectivity index (χ0v) is 20.3. The molecule has 170 valence electrons. The molecule has 1 N–H and O–H groups in total. The van der Waals surface area contributed by atoms with Gasteiger partial charge in [0.05, 0.1) is 5.25 Å². The van der Waals surface area contributed by atoms with Crippen LogP contribution in [0.5, 0.6) is 0 Å². The molecule has 2 heterocycles. The summed E-state index contributed by atoms with van der Waals surface area (Å²) in [5, 5.41) is 3.07. The van der Waals surface area contributed by atoms with Crippen molar-refractivity contribution in [3.8, 4) is 0 Å². The number of thioether (sulfide) groups is 1. The molecule has 9 heteroatoms. The highest BCUT2D eigenvalue weighted by Gasteiger charge is 2.25. The summed E-state index contributed by atoms with van der Waals surface area (Å²) in [6, 6.07) is 7.96. The lowest BCUT2D eigenvalue weighted by Gasteiger charge is -2.20. The van der Waals surface area contributed by atoms with Crippen LogP contribution in [0.25, 0.3) is 11.0 Å². The van der Waals surface area contributed by atoms with Crippen molar-refractivity contribution in [3.05, 3.63) is 62.1 Å². The number of fused-ring (bicyclic) bond motifs is 1. The number of rotatable bonds is 5. The molecule has 0 fully saturated rings. The van der Waals surface area contributed by atoms with E-state index in [4.69, 9.17) is 0 Å². The smallest absolute Gasteiger partial charge is 0.332 e. The first-order valence-electron chi connectivity index (χ1n) is 10.4. The average molecular weight is 456 g/mol. The van der Waals surface area contributed by atoms with Gasteiger partial charge in [-0.05, 0) is 19.4 Å². The van der Waals surface area contributed by atoms with Crippen LogP contribution in [0, 0.1) is 6.92 Å². The van der Waals surface area contributed by atoms with Gasteiger partial charge in [-0.1, -0.05) is 62.4 Å². The fourth-order valence-electron chi connectivity index (χ4n) is 3.11. The van der Waals surface area contributed by atoms with Crippen molar-refractivity contribution in [1.82, 2.24) is 24.4 Å². The minimum Gasteiger partial charge on any atom is -0.351 e. The van der Waals surface area contributed by atoms with Crippen LogP contribution >= 0.6 is 11.8 Å². The van der Waals surface area contributed by atoms with Crippen molar-refractivity contribution in [3.63, 3.8) is 0 Å². The molecule has 2 aromatic heterocycles. The Labute approximate surface area is 191 Å². The van der Waals surface area contributed by atoms with Crippen LogP contribution < -0.4 is 16.6 Å². The van der Waals surface area contributed by atoms with Gasteiger partial charge in [0, 0.05) is 26.1 Å². The Kier molecular flexibility index (Phi) is 6.59. The third-order valence-electron chi connectivity index (χ3n) is 5.18. The molecule has 1 unspecified atom stereocenters. The van der Waals surface area contributed by atoms with Crippen molar-refractivity contribution in [2.24, 2.45) is 14.1 Å². The summed E-state index contributed by atoms with van der Waals surface area (Å²) in [7, 11) is 3.00. The number of nitrogens with zero attached hydrogens (tertiary/aromatic N) is 4. The van der Waals surface area contributed by atoms with Crippen molar-refractivity contribution < 1.29 is 4.79 Å². The highest BCUT2D eigenvalue weighted by molar-refractivity contribution is 8.00. The predicted molar refractivity (Wildman–Crippen MR) is 127 cm³/mol. The molecular formula is C23H29N5O3S. The third-order valence-corrected chi connectivity index (χ3v) is 6.27. The zero-order chi connectivity index (χ0) is 23.8. The molecule has 0 aliphatic heterocycles. The summed E-state index contributed by atoms with van der Waals surface area (Å²) in [6.45, 7) is 10.1. The van der Waals surface area contributed by atoms with E-state index in [0.29, 0.717) is 17.4 Å². The molecule has 1 aromatic carbocycles. The van der Waals surface area contributed by atoms with E-state index in [9.17, 15) is 14.4 Å². The van der Waals surface area contributed by atoms with Crippen LogP contribution in [0.1, 0.15) is 44.6 Å². The number of carbonyl (C=O) groups excluding carboxylic acids is 1. The van der Waals surface area contributed by atoms with Gasteiger partial charge in [-0.3, -0.25) is 18.7 Å². The van der Waals surface area contributed by atoms with Crippen LogP contribution in [0.4, 0.5) is 0 Å². The summed E-state index contributed by atoms with van der Waals surface area (Å²) in [5.74, 6) is 0.337. The molecule has 0 bridgehead atoms. The Balaban J connectivity index is 1.97. The molecule has 3 aromatic rings. The van der Waals surface area contributed by atoms with E-state index in [2.05, 4.69) is 15.3 Å². The summed E-state index contributed by atoms with van der Waals surface area (Å²) in [5.41, 5.74) is 1.10. The Hall–Kier alpha value is -2.94. The quantitative estimate of drug-likeness (QED) is 0.469. The number of aryl methyl sites for hydroxylation is 2. The predicted octanol–water partition coefficient (Wildman–Crippen LogP) is 2.43. The maximum absolute atomic E-state index is 12.9. The second-order valence-electron chi connectivity index (χ2n) is 8.97. The maximum atomic E-state index is 12.9. The van der Waals surface area contributed by atoms with Crippen molar-refractivity contribution >= 4 is 28.7 Å².